The Labute approximate surface area is 175 Å². The van der Waals surface area contributed by atoms with Gasteiger partial charge in [-0.15, -0.1) is 0 Å². The van der Waals surface area contributed by atoms with Crippen LogP contribution in [0.15, 0.2) is 43.0 Å². The molecule has 0 nitrogen and oxygen atoms in total. The molecule has 2 aliphatic carbocycles. The van der Waals surface area contributed by atoms with Crippen LogP contribution in [-0.2, 0) is 23.2 Å². The smallest absolute Gasteiger partial charge is 1.00 e. The van der Waals surface area contributed by atoms with E-state index < -0.39 is 23.2 Å². The average molecular weight is 449 g/mol. The number of fused-ring (bicyclic) bond motifs is 2. The molecule has 0 heterocycles. The summed E-state index contributed by atoms with van der Waals surface area (Å²) in [7, 11) is 0. The van der Waals surface area contributed by atoms with Crippen molar-refractivity contribution in [1.29, 1.82) is 0 Å². The van der Waals surface area contributed by atoms with Gasteiger partial charge in [-0.25, -0.2) is 0 Å². The summed E-state index contributed by atoms with van der Waals surface area (Å²) < 4.78 is 3.47. The Morgan fingerprint density at radius 3 is 1.44 bits per heavy atom. The minimum absolute atomic E-state index is 0. The molecule has 25 heavy (non-hydrogen) atoms. The average Bonchev–Trinajstić information content (AvgIpc) is 3.02. The zero-order valence-electron chi connectivity index (χ0n) is 15.0. The zero-order valence-corrected chi connectivity index (χ0v) is 19.0. The second kappa shape index (κ2) is 7.95. The summed E-state index contributed by atoms with van der Waals surface area (Å²) >= 11 is -0.698. The van der Waals surface area contributed by atoms with E-state index in [4.69, 9.17) is 0 Å². The fourth-order valence-corrected chi connectivity index (χ4v) is 7.62. The Morgan fingerprint density at radius 1 is 0.680 bits per heavy atom. The van der Waals surface area contributed by atoms with Gasteiger partial charge in [-0.2, -0.15) is 0 Å². The standard InChI is InChI=1S/2C11H11.2ClH.Zr/c2*1-8-4-3-5-10-9(2)6-7-11(8)10;;;/h2*3-5,7,9H,1-2H3;2*1H;/q;;;;+2/p-2. The maximum absolute atomic E-state index is 2.52. The summed E-state index contributed by atoms with van der Waals surface area (Å²) in [6.07, 6.45) is 5.04. The third kappa shape index (κ3) is 3.49. The van der Waals surface area contributed by atoms with Crippen LogP contribution in [0.25, 0.3) is 12.2 Å². The van der Waals surface area contributed by atoms with E-state index in [9.17, 15) is 0 Å². The van der Waals surface area contributed by atoms with Gasteiger partial charge in [-0.05, 0) is 0 Å². The SMILES string of the molecule is Cc1cccc2c1C=[C]([Zr+2][C]1=Cc3c(C)cccc3C1C)C2C.[Cl-].[Cl-]. The summed E-state index contributed by atoms with van der Waals surface area (Å²) in [6.45, 7) is 9.28. The number of aryl methyl sites for hydroxylation is 2. The van der Waals surface area contributed by atoms with E-state index in [1.165, 1.54) is 22.3 Å². The molecule has 0 saturated carbocycles. The number of hydrogen-bond donors (Lipinski definition) is 0. The van der Waals surface area contributed by atoms with Crippen LogP contribution >= 0.6 is 0 Å². The first kappa shape index (κ1) is 20.7. The first-order valence-corrected chi connectivity index (χ1v) is 10.9. The molecule has 4 rings (SSSR count). The minimum Gasteiger partial charge on any atom is -1.00 e. The maximum atomic E-state index is 2.52. The minimum atomic E-state index is -0.698. The van der Waals surface area contributed by atoms with Gasteiger partial charge in [0.15, 0.2) is 0 Å². The van der Waals surface area contributed by atoms with Crippen molar-refractivity contribution in [2.75, 3.05) is 0 Å². The molecule has 0 fully saturated rings. The third-order valence-electron chi connectivity index (χ3n) is 5.47. The van der Waals surface area contributed by atoms with Gasteiger partial charge in [0.2, 0.25) is 0 Å². The molecule has 0 N–H and O–H groups in total. The zero-order chi connectivity index (χ0) is 16.1. The monoisotopic (exact) mass is 446 g/mol. The van der Waals surface area contributed by atoms with E-state index >= 15 is 0 Å². The van der Waals surface area contributed by atoms with Crippen molar-refractivity contribution < 1.29 is 48.0 Å². The van der Waals surface area contributed by atoms with E-state index in [-0.39, 0.29) is 24.8 Å². The fourth-order valence-electron chi connectivity index (χ4n) is 3.91. The van der Waals surface area contributed by atoms with Crippen molar-refractivity contribution in [2.24, 2.45) is 0 Å². The third-order valence-corrected chi connectivity index (χ3v) is 9.73. The summed E-state index contributed by atoms with van der Waals surface area (Å²) in [6, 6.07) is 13.5. The van der Waals surface area contributed by atoms with Crippen LogP contribution in [0, 0.1) is 13.8 Å². The number of hydrogen-bond acceptors (Lipinski definition) is 0. The molecule has 2 aliphatic rings. The molecular weight excluding hydrogens is 426 g/mol. The predicted molar refractivity (Wildman–Crippen MR) is 95.1 cm³/mol. The molecule has 0 aromatic heterocycles. The Morgan fingerprint density at radius 2 is 1.08 bits per heavy atom. The topological polar surface area (TPSA) is 0 Å². The second-order valence-corrected chi connectivity index (χ2v) is 10.4. The Balaban J connectivity index is 0.00000113. The van der Waals surface area contributed by atoms with Gasteiger partial charge in [0.1, 0.15) is 0 Å². The van der Waals surface area contributed by atoms with E-state index in [2.05, 4.69) is 76.2 Å². The number of benzene rings is 2. The van der Waals surface area contributed by atoms with Crippen molar-refractivity contribution in [2.45, 2.75) is 39.5 Å². The van der Waals surface area contributed by atoms with E-state index in [0.717, 1.165) is 0 Å². The van der Waals surface area contributed by atoms with Crippen molar-refractivity contribution in [3.05, 3.63) is 76.3 Å². The molecule has 2 unspecified atom stereocenters. The molecule has 0 spiro atoms. The number of halogens is 2. The molecular formula is C22H22Cl2Zr. The first-order chi connectivity index (χ1) is 11.1. The van der Waals surface area contributed by atoms with Gasteiger partial charge in [-0.3, -0.25) is 0 Å². The molecule has 0 radical (unpaired) electrons. The molecule has 128 valence electrons. The molecule has 2 aromatic rings. The van der Waals surface area contributed by atoms with Crippen LogP contribution in [-0.4, -0.2) is 0 Å². The van der Waals surface area contributed by atoms with Gasteiger partial charge in [-0.1, -0.05) is 0 Å². The van der Waals surface area contributed by atoms with Crippen molar-refractivity contribution in [3.8, 4) is 0 Å². The Hall–Kier alpha value is -0.617. The van der Waals surface area contributed by atoms with Crippen molar-refractivity contribution in [3.63, 3.8) is 0 Å². The number of rotatable bonds is 2. The Kier molecular flexibility index (Phi) is 6.58. The van der Waals surface area contributed by atoms with Crippen LogP contribution < -0.4 is 24.8 Å². The van der Waals surface area contributed by atoms with E-state index in [0.29, 0.717) is 11.8 Å². The maximum Gasteiger partial charge on any atom is -1.00 e. The normalized spacial score (nSPS) is 19.7. The van der Waals surface area contributed by atoms with Gasteiger partial charge in [0.05, 0.1) is 0 Å². The quantitative estimate of drug-likeness (QED) is 0.608. The summed E-state index contributed by atoms with van der Waals surface area (Å²) in [4.78, 5) is 0. The summed E-state index contributed by atoms with van der Waals surface area (Å²) in [5, 5.41) is 0. The van der Waals surface area contributed by atoms with Gasteiger partial charge < -0.3 is 24.8 Å². The number of allylic oxidation sites excluding steroid dienone is 2. The van der Waals surface area contributed by atoms with Crippen LogP contribution in [0.4, 0.5) is 0 Å². The molecule has 2 atom stereocenters. The first-order valence-electron chi connectivity index (χ1n) is 8.45. The van der Waals surface area contributed by atoms with Crippen LogP contribution in [0.1, 0.15) is 59.1 Å². The predicted octanol–water partition coefficient (Wildman–Crippen LogP) is 0.0101. The molecule has 3 heteroatoms. The summed E-state index contributed by atoms with van der Waals surface area (Å²) in [5.41, 5.74) is 8.93. The van der Waals surface area contributed by atoms with Crippen LogP contribution in [0.3, 0.4) is 0 Å². The van der Waals surface area contributed by atoms with Crippen LogP contribution in [0.5, 0.6) is 0 Å². The fraction of sp³-hybridized carbons (Fsp3) is 0.273. The Bertz CT molecular complexity index is 793. The largest absolute Gasteiger partial charge is 1.00 e. The molecule has 2 aromatic carbocycles. The summed E-state index contributed by atoms with van der Waals surface area (Å²) in [5.74, 6) is 1.24. The van der Waals surface area contributed by atoms with Crippen molar-refractivity contribution >= 4 is 12.2 Å². The molecule has 0 aliphatic heterocycles. The second-order valence-electron chi connectivity index (χ2n) is 6.92. The molecule has 0 bridgehead atoms. The van der Waals surface area contributed by atoms with Crippen LogP contribution in [0.2, 0.25) is 0 Å². The van der Waals surface area contributed by atoms with Gasteiger partial charge >= 0.3 is 151 Å². The van der Waals surface area contributed by atoms with E-state index in [1.807, 2.05) is 0 Å². The van der Waals surface area contributed by atoms with Gasteiger partial charge in [0.25, 0.3) is 0 Å². The molecule has 0 saturated heterocycles. The van der Waals surface area contributed by atoms with E-state index in [1.54, 1.807) is 17.7 Å². The molecule has 0 amide bonds. The van der Waals surface area contributed by atoms with Crippen molar-refractivity contribution in [1.82, 2.24) is 0 Å². The van der Waals surface area contributed by atoms with Gasteiger partial charge in [0, 0.05) is 0 Å².